The molecule has 0 bridgehead atoms. The smallest absolute Gasteiger partial charge is 0.305 e. The second-order valence-electron chi connectivity index (χ2n) is 13.2. The highest BCUT2D eigenvalue weighted by atomic mass is 16.5. The molecule has 11 heteroatoms. The second kappa shape index (κ2) is 12.6. The van der Waals surface area contributed by atoms with Gasteiger partial charge in [0.1, 0.15) is 12.4 Å². The molecular weight excluding hydrogens is 626 g/mol. The number of aryl methyl sites for hydroxylation is 1. The number of nitrogens with zero attached hydrogens (tertiary/aromatic N) is 2. The zero-order chi connectivity index (χ0) is 34.4. The monoisotopic (exact) mass is 663 g/mol. The van der Waals surface area contributed by atoms with Crippen LogP contribution in [0.25, 0.3) is 0 Å². The van der Waals surface area contributed by atoms with Gasteiger partial charge >= 0.3 is 5.97 Å². The van der Waals surface area contributed by atoms with Crippen molar-refractivity contribution < 1.29 is 38.9 Å². The Morgan fingerprint density at radius 1 is 0.918 bits per heavy atom. The third kappa shape index (κ3) is 5.20. The first-order valence-corrected chi connectivity index (χ1v) is 16.5. The van der Waals surface area contributed by atoms with Gasteiger partial charge in [0.15, 0.2) is 0 Å². The van der Waals surface area contributed by atoms with Crippen LogP contribution >= 0.6 is 0 Å². The summed E-state index contributed by atoms with van der Waals surface area (Å²) in [5.41, 5.74) is 5.48. The Morgan fingerprint density at radius 3 is 2.31 bits per heavy atom. The number of amides is 4. The first-order valence-electron chi connectivity index (χ1n) is 16.5. The van der Waals surface area contributed by atoms with Crippen LogP contribution in [-0.2, 0) is 29.4 Å². The van der Waals surface area contributed by atoms with E-state index in [9.17, 15) is 29.4 Å². The maximum absolute atomic E-state index is 15.1. The van der Waals surface area contributed by atoms with Crippen LogP contribution in [0.1, 0.15) is 41.9 Å². The highest BCUT2D eigenvalue weighted by Gasteiger charge is 2.70. The highest BCUT2D eigenvalue weighted by molar-refractivity contribution is 6.13. The summed E-state index contributed by atoms with van der Waals surface area (Å²) in [6.45, 7) is 1.68. The summed E-state index contributed by atoms with van der Waals surface area (Å²) in [7, 11) is 0. The zero-order valence-electron chi connectivity index (χ0n) is 27.0. The molecule has 2 aliphatic heterocycles. The molecule has 4 amide bonds. The van der Waals surface area contributed by atoms with Crippen LogP contribution in [0.2, 0.25) is 0 Å². The van der Waals surface area contributed by atoms with Gasteiger partial charge in [-0.1, -0.05) is 71.8 Å². The van der Waals surface area contributed by atoms with E-state index in [2.05, 4.69) is 5.43 Å². The Hall–Kier alpha value is -5.29. The number of carboxylic acid groups (broad SMARTS) is 1. The van der Waals surface area contributed by atoms with E-state index < -0.39 is 64.6 Å². The molecule has 0 unspecified atom stereocenters. The van der Waals surface area contributed by atoms with Gasteiger partial charge in [-0.3, -0.25) is 34.3 Å². The number of hydrogen-bond acceptors (Lipinski definition) is 8. The topological polar surface area (TPSA) is 154 Å². The maximum atomic E-state index is 15.1. The van der Waals surface area contributed by atoms with Crippen molar-refractivity contribution in [3.63, 3.8) is 0 Å². The number of carbonyl (C=O) groups is 5. The second-order valence-corrected chi connectivity index (χ2v) is 13.2. The van der Waals surface area contributed by atoms with E-state index >= 15 is 4.79 Å². The van der Waals surface area contributed by atoms with Crippen molar-refractivity contribution in [1.29, 1.82) is 0 Å². The molecule has 0 spiro atoms. The van der Waals surface area contributed by atoms with E-state index in [1.807, 2.05) is 67.6 Å². The SMILES string of the molecule is Cc1ccc(NN2C(=O)[C@@H]3C[C@@H]4C(=CC[C@@H]5C(=O)N(CCC(=O)O)C(=O)[C@@H]54)[C@H](c4ccc(OCCO)cc4)[C@]3(c3ccccc3)C2=O)cc1. The molecule has 3 aromatic carbocycles. The van der Waals surface area contributed by atoms with Crippen molar-refractivity contribution in [3.05, 3.63) is 107 Å². The lowest BCUT2D eigenvalue weighted by atomic mass is 9.49. The summed E-state index contributed by atoms with van der Waals surface area (Å²) in [5.74, 6) is -5.86. The largest absolute Gasteiger partial charge is 0.491 e. The summed E-state index contributed by atoms with van der Waals surface area (Å²) in [6.07, 6.45) is 2.01. The lowest BCUT2D eigenvalue weighted by Crippen LogP contribution is -2.53. The molecule has 4 aliphatic rings. The number of fused-ring (bicyclic) bond motifs is 4. The van der Waals surface area contributed by atoms with Gasteiger partial charge < -0.3 is 14.9 Å². The summed E-state index contributed by atoms with van der Waals surface area (Å²) >= 11 is 0. The molecule has 6 atom stereocenters. The quantitative estimate of drug-likeness (QED) is 0.217. The highest BCUT2D eigenvalue weighted by Crippen LogP contribution is 2.64. The molecule has 2 saturated heterocycles. The predicted molar refractivity (Wildman–Crippen MR) is 177 cm³/mol. The van der Waals surface area contributed by atoms with Crippen LogP contribution in [-0.4, -0.2) is 69.5 Å². The van der Waals surface area contributed by atoms with Gasteiger partial charge in [-0.25, -0.2) is 0 Å². The standard InChI is InChI=1S/C38H37N3O8/c1-22-7-11-25(12-8-22)39-41-35(46)30-21-29-27(15-16-28-32(29)36(47)40(34(28)45)18-17-31(43)44)33(23-9-13-26(14-10-23)49-20-19-42)38(30,37(41)48)24-5-3-2-4-6-24/h2-15,28-30,32-33,39,42H,16-21H2,1H3,(H,43,44)/t28-,29+,30-,32-,33-,38+/m0/s1. The molecule has 7 rings (SSSR count). The zero-order valence-corrected chi connectivity index (χ0v) is 27.0. The Labute approximate surface area is 283 Å². The molecule has 1 saturated carbocycles. The molecule has 3 fully saturated rings. The summed E-state index contributed by atoms with van der Waals surface area (Å²) in [6, 6.07) is 23.9. The number of allylic oxidation sites excluding steroid dienone is 2. The normalized spacial score (nSPS) is 27.4. The molecule has 3 aromatic rings. The molecule has 252 valence electrons. The third-order valence-corrected chi connectivity index (χ3v) is 10.6. The Kier molecular flexibility index (Phi) is 8.32. The number of hydrogen-bond donors (Lipinski definition) is 3. The molecule has 3 N–H and O–H groups in total. The molecular formula is C38H37N3O8. The third-order valence-electron chi connectivity index (χ3n) is 10.6. The van der Waals surface area contributed by atoms with Crippen molar-refractivity contribution in [3.8, 4) is 5.75 Å². The lowest BCUT2D eigenvalue weighted by Gasteiger charge is -2.50. The van der Waals surface area contributed by atoms with Crippen molar-refractivity contribution in [2.75, 3.05) is 25.2 Å². The number of likely N-dealkylation sites (tertiary alicyclic amines) is 1. The molecule has 2 aliphatic carbocycles. The van der Waals surface area contributed by atoms with Crippen LogP contribution in [0.15, 0.2) is 90.5 Å². The van der Waals surface area contributed by atoms with Gasteiger partial charge in [0.2, 0.25) is 11.8 Å². The van der Waals surface area contributed by atoms with Gasteiger partial charge in [-0.05, 0) is 61.1 Å². The van der Waals surface area contributed by atoms with E-state index in [4.69, 9.17) is 4.74 Å². The summed E-state index contributed by atoms with van der Waals surface area (Å²) in [5, 5.41) is 19.7. The predicted octanol–water partition coefficient (Wildman–Crippen LogP) is 3.83. The number of imide groups is 2. The van der Waals surface area contributed by atoms with Crippen LogP contribution in [0.3, 0.4) is 0 Å². The fraction of sp³-hybridized carbons (Fsp3) is 0.342. The number of carboxylic acids is 1. The fourth-order valence-electron chi connectivity index (χ4n) is 8.54. The average Bonchev–Trinajstić information content (AvgIpc) is 3.48. The molecule has 0 aromatic heterocycles. The number of rotatable bonds is 10. The fourth-order valence-corrected chi connectivity index (χ4v) is 8.54. The van der Waals surface area contributed by atoms with Gasteiger partial charge in [0, 0.05) is 12.5 Å². The number of aliphatic carboxylic acids is 1. The first-order chi connectivity index (χ1) is 23.7. The van der Waals surface area contributed by atoms with Crippen LogP contribution in [0, 0.1) is 30.6 Å². The van der Waals surface area contributed by atoms with Crippen molar-refractivity contribution in [2.45, 2.75) is 37.5 Å². The number of aliphatic hydroxyl groups is 1. The summed E-state index contributed by atoms with van der Waals surface area (Å²) < 4.78 is 5.63. The molecule has 0 radical (unpaired) electrons. The van der Waals surface area contributed by atoms with Crippen LogP contribution < -0.4 is 10.2 Å². The average molecular weight is 664 g/mol. The Bertz CT molecular complexity index is 1840. The summed E-state index contributed by atoms with van der Waals surface area (Å²) in [4.78, 5) is 69.8. The van der Waals surface area contributed by atoms with E-state index in [-0.39, 0.29) is 39.0 Å². The number of anilines is 1. The van der Waals surface area contributed by atoms with E-state index in [1.54, 1.807) is 24.3 Å². The maximum Gasteiger partial charge on any atom is 0.305 e. The lowest BCUT2D eigenvalue weighted by molar-refractivity contribution is -0.143. The minimum atomic E-state index is -1.40. The van der Waals surface area contributed by atoms with Gasteiger partial charge in [-0.15, -0.1) is 0 Å². The van der Waals surface area contributed by atoms with Gasteiger partial charge in [0.05, 0.1) is 41.9 Å². The van der Waals surface area contributed by atoms with E-state index in [0.29, 0.717) is 17.0 Å². The van der Waals surface area contributed by atoms with Crippen molar-refractivity contribution >= 4 is 35.3 Å². The Balaban J connectivity index is 1.39. The number of carbonyl (C=O) groups excluding carboxylic acids is 4. The van der Waals surface area contributed by atoms with Gasteiger partial charge in [0.25, 0.3) is 11.8 Å². The first kappa shape index (κ1) is 32.3. The molecule has 2 heterocycles. The minimum absolute atomic E-state index is 0.107. The van der Waals surface area contributed by atoms with E-state index in [0.717, 1.165) is 26.6 Å². The number of nitrogens with one attached hydrogen (secondary N) is 1. The van der Waals surface area contributed by atoms with Gasteiger partial charge in [-0.2, -0.15) is 5.01 Å². The molecule has 11 nitrogen and oxygen atoms in total. The Morgan fingerprint density at radius 2 is 1.63 bits per heavy atom. The van der Waals surface area contributed by atoms with Crippen LogP contribution in [0.5, 0.6) is 5.75 Å². The van der Waals surface area contributed by atoms with Crippen molar-refractivity contribution in [1.82, 2.24) is 9.91 Å². The number of hydrazine groups is 1. The van der Waals surface area contributed by atoms with E-state index in [1.165, 1.54) is 0 Å². The number of ether oxygens (including phenoxy) is 1. The molecule has 49 heavy (non-hydrogen) atoms. The minimum Gasteiger partial charge on any atom is -0.491 e. The van der Waals surface area contributed by atoms with Crippen molar-refractivity contribution in [2.24, 2.45) is 23.7 Å². The van der Waals surface area contributed by atoms with Crippen LogP contribution in [0.4, 0.5) is 5.69 Å². The number of aliphatic hydroxyl groups excluding tert-OH is 1. The number of benzene rings is 3.